The first-order valence-electron chi connectivity index (χ1n) is 11.6. The molecule has 2 atom stereocenters. The number of carbonyl (C=O) groups is 2. The molecule has 208 valence electrons. The minimum absolute atomic E-state index is 0.00441. The van der Waals surface area contributed by atoms with Gasteiger partial charge in [-0.15, -0.1) is 0 Å². The summed E-state index contributed by atoms with van der Waals surface area (Å²) in [7, 11) is 0. The van der Waals surface area contributed by atoms with E-state index >= 15 is 0 Å². The van der Waals surface area contributed by atoms with Gasteiger partial charge in [0.15, 0.2) is 0 Å². The maximum absolute atomic E-state index is 13.2. The topological polar surface area (TPSA) is 82.3 Å². The van der Waals surface area contributed by atoms with E-state index < -0.39 is 46.9 Å². The minimum atomic E-state index is -4.70. The summed E-state index contributed by atoms with van der Waals surface area (Å²) >= 11 is 11.3. The van der Waals surface area contributed by atoms with Crippen molar-refractivity contribution in [3.05, 3.63) is 57.6 Å². The van der Waals surface area contributed by atoms with Crippen molar-refractivity contribution >= 4 is 46.6 Å². The van der Waals surface area contributed by atoms with Crippen molar-refractivity contribution < 1.29 is 35.9 Å². The first-order chi connectivity index (χ1) is 17.7. The summed E-state index contributed by atoms with van der Waals surface area (Å²) in [6.07, 6.45) is -6.50. The number of hydrogen-bond donors (Lipinski definition) is 4. The number of hydrogen-bond acceptors (Lipinski definition) is 2. The van der Waals surface area contributed by atoms with Gasteiger partial charge in [0, 0.05) is 23.1 Å². The van der Waals surface area contributed by atoms with Gasteiger partial charge >= 0.3 is 24.4 Å². The van der Waals surface area contributed by atoms with E-state index in [2.05, 4.69) is 21.3 Å². The molecular weight excluding hydrogens is 561 g/mol. The van der Waals surface area contributed by atoms with Gasteiger partial charge in [-0.2, -0.15) is 26.3 Å². The molecule has 4 N–H and O–H groups in total. The number of urea groups is 2. The van der Waals surface area contributed by atoms with Gasteiger partial charge in [-0.1, -0.05) is 29.6 Å². The Morgan fingerprint density at radius 1 is 0.737 bits per heavy atom. The van der Waals surface area contributed by atoms with Crippen molar-refractivity contribution in [3.8, 4) is 0 Å². The third-order valence-electron chi connectivity index (χ3n) is 6.06. The predicted octanol–water partition coefficient (Wildman–Crippen LogP) is 7.78. The highest BCUT2D eigenvalue weighted by Gasteiger charge is 2.35. The second-order valence-electron chi connectivity index (χ2n) is 8.94. The fourth-order valence-corrected chi connectivity index (χ4v) is 4.64. The summed E-state index contributed by atoms with van der Waals surface area (Å²) in [6.45, 7) is 0.395. The molecule has 1 fully saturated rings. The highest BCUT2D eigenvalue weighted by atomic mass is 35.5. The maximum atomic E-state index is 13.2. The molecular formula is C24H24Cl2F6N4O2. The Hall–Kier alpha value is -2.86. The van der Waals surface area contributed by atoms with Gasteiger partial charge in [0.2, 0.25) is 0 Å². The lowest BCUT2D eigenvalue weighted by molar-refractivity contribution is -0.137. The molecule has 1 aliphatic rings. The van der Waals surface area contributed by atoms with E-state index in [0.717, 1.165) is 43.5 Å². The third-order valence-corrected chi connectivity index (χ3v) is 6.53. The normalized spacial score (nSPS) is 18.0. The lowest BCUT2D eigenvalue weighted by Crippen LogP contribution is -2.38. The van der Waals surface area contributed by atoms with E-state index in [0.29, 0.717) is 6.42 Å². The van der Waals surface area contributed by atoms with Crippen LogP contribution in [0.2, 0.25) is 10.0 Å². The predicted molar refractivity (Wildman–Crippen MR) is 132 cm³/mol. The number of carbonyl (C=O) groups excluding carboxylic acids is 2. The Balaban J connectivity index is 1.48. The molecule has 0 spiro atoms. The first kappa shape index (κ1) is 29.7. The van der Waals surface area contributed by atoms with Crippen molar-refractivity contribution in [3.63, 3.8) is 0 Å². The summed E-state index contributed by atoms with van der Waals surface area (Å²) in [5.41, 5.74) is -2.98. The molecule has 0 bridgehead atoms. The Kier molecular flexibility index (Phi) is 9.64. The van der Waals surface area contributed by atoms with E-state index in [9.17, 15) is 35.9 Å². The molecule has 6 nitrogen and oxygen atoms in total. The lowest BCUT2D eigenvalue weighted by Gasteiger charge is -2.29. The Labute approximate surface area is 224 Å². The number of anilines is 2. The summed E-state index contributed by atoms with van der Waals surface area (Å²) in [4.78, 5) is 24.5. The molecule has 2 aromatic carbocycles. The Morgan fingerprint density at radius 2 is 1.13 bits per heavy atom. The van der Waals surface area contributed by atoms with Gasteiger partial charge < -0.3 is 21.3 Å². The zero-order valence-corrected chi connectivity index (χ0v) is 21.2. The van der Waals surface area contributed by atoms with E-state index in [1.165, 1.54) is 12.1 Å². The molecule has 3 rings (SSSR count). The van der Waals surface area contributed by atoms with Gasteiger partial charge in [0.25, 0.3) is 0 Å². The maximum Gasteiger partial charge on any atom is 0.418 e. The molecule has 1 saturated carbocycles. The van der Waals surface area contributed by atoms with Crippen LogP contribution in [0, 0.1) is 11.8 Å². The molecule has 1 aliphatic carbocycles. The van der Waals surface area contributed by atoms with E-state index in [1.807, 2.05) is 0 Å². The fourth-order valence-electron chi connectivity index (χ4n) is 4.30. The smallest absolute Gasteiger partial charge is 0.338 e. The summed E-state index contributed by atoms with van der Waals surface area (Å²) in [5.74, 6) is 0.00882. The van der Waals surface area contributed by atoms with Crippen LogP contribution in [0.5, 0.6) is 0 Å². The van der Waals surface area contributed by atoms with Crippen LogP contribution in [-0.4, -0.2) is 25.2 Å². The quantitative estimate of drug-likeness (QED) is 0.261. The number of nitrogens with one attached hydrogen (secondary N) is 4. The highest BCUT2D eigenvalue weighted by molar-refractivity contribution is 6.31. The van der Waals surface area contributed by atoms with Crippen molar-refractivity contribution in [1.82, 2.24) is 10.6 Å². The van der Waals surface area contributed by atoms with Crippen molar-refractivity contribution in [1.29, 1.82) is 0 Å². The third kappa shape index (κ3) is 8.59. The zero-order valence-electron chi connectivity index (χ0n) is 19.7. The van der Waals surface area contributed by atoms with Crippen LogP contribution in [0.25, 0.3) is 0 Å². The Bertz CT molecular complexity index is 1070. The molecule has 0 saturated heterocycles. The second-order valence-corrected chi connectivity index (χ2v) is 9.82. The minimum Gasteiger partial charge on any atom is -0.338 e. The molecule has 4 amide bonds. The van der Waals surface area contributed by atoms with E-state index in [1.54, 1.807) is 0 Å². The molecule has 0 unspecified atom stereocenters. The summed E-state index contributed by atoms with van der Waals surface area (Å²) in [6, 6.07) is 4.45. The second kappa shape index (κ2) is 12.3. The van der Waals surface area contributed by atoms with Crippen molar-refractivity contribution in [2.75, 3.05) is 23.7 Å². The number of rotatable bonds is 6. The first-order valence-corrected chi connectivity index (χ1v) is 12.3. The summed E-state index contributed by atoms with van der Waals surface area (Å²) < 4.78 is 79.3. The van der Waals surface area contributed by atoms with Gasteiger partial charge in [0.05, 0.1) is 22.5 Å². The van der Waals surface area contributed by atoms with Gasteiger partial charge in [-0.05, 0) is 67.5 Å². The van der Waals surface area contributed by atoms with Crippen LogP contribution < -0.4 is 21.3 Å². The molecule has 38 heavy (non-hydrogen) atoms. The standard InChI is InChI=1S/C24H24Cl2F6N4O2/c25-15-4-6-19(17(9-15)23(27,28)29)35-21(37)33-11-13-2-1-3-14(8-13)12-34-22(38)36-20-7-5-16(26)10-18(20)24(30,31)32/h4-7,9-10,13-14H,1-3,8,11-12H2,(H2,33,35,37)(H2,34,36,38)/t13-,14-/m1/s1. The van der Waals surface area contributed by atoms with Crippen LogP contribution in [0.15, 0.2) is 36.4 Å². The highest BCUT2D eigenvalue weighted by Crippen LogP contribution is 2.37. The average molecular weight is 585 g/mol. The lowest BCUT2D eigenvalue weighted by atomic mass is 9.81. The average Bonchev–Trinajstić information content (AvgIpc) is 2.83. The van der Waals surface area contributed by atoms with Crippen molar-refractivity contribution in [2.45, 2.75) is 38.0 Å². The number of benzene rings is 2. The zero-order chi connectivity index (χ0) is 28.1. The molecule has 14 heteroatoms. The number of halogens is 8. The van der Waals surface area contributed by atoms with Crippen LogP contribution >= 0.6 is 23.2 Å². The number of alkyl halides is 6. The molecule has 2 aromatic rings. The molecule has 0 aliphatic heterocycles. The fraction of sp³-hybridized carbons (Fsp3) is 0.417. The van der Waals surface area contributed by atoms with Crippen LogP contribution in [0.4, 0.5) is 47.3 Å². The van der Waals surface area contributed by atoms with Crippen LogP contribution in [0.3, 0.4) is 0 Å². The van der Waals surface area contributed by atoms with E-state index in [4.69, 9.17) is 23.2 Å². The summed E-state index contributed by atoms with van der Waals surface area (Å²) in [5, 5.41) is 9.29. The monoisotopic (exact) mass is 584 g/mol. The van der Waals surface area contributed by atoms with E-state index in [-0.39, 0.29) is 35.0 Å². The molecule has 0 radical (unpaired) electrons. The van der Waals surface area contributed by atoms with Gasteiger partial charge in [-0.3, -0.25) is 0 Å². The van der Waals surface area contributed by atoms with Crippen LogP contribution in [-0.2, 0) is 12.4 Å². The number of amides is 4. The molecule has 0 aromatic heterocycles. The van der Waals surface area contributed by atoms with Gasteiger partial charge in [0.1, 0.15) is 0 Å². The van der Waals surface area contributed by atoms with Crippen LogP contribution in [0.1, 0.15) is 36.8 Å². The van der Waals surface area contributed by atoms with Gasteiger partial charge in [-0.25, -0.2) is 9.59 Å². The SMILES string of the molecule is O=C(NC[C@@H]1CCC[C@@H](CNC(=O)Nc2ccc(Cl)cc2C(F)(F)F)C1)Nc1ccc(Cl)cc1C(F)(F)F. The molecule has 0 heterocycles. The Morgan fingerprint density at radius 3 is 1.50 bits per heavy atom. The largest absolute Gasteiger partial charge is 0.418 e. The van der Waals surface area contributed by atoms with Crippen molar-refractivity contribution in [2.24, 2.45) is 11.8 Å².